The molecule has 112 valence electrons. The molecule has 0 radical (unpaired) electrons. The molecule has 21 heavy (non-hydrogen) atoms. The van der Waals surface area contributed by atoms with Gasteiger partial charge in [-0.2, -0.15) is 0 Å². The van der Waals surface area contributed by atoms with Crippen LogP contribution in [0.5, 0.6) is 0 Å². The molecule has 0 aromatic carbocycles. The summed E-state index contributed by atoms with van der Waals surface area (Å²) in [6, 6.07) is 0. The highest BCUT2D eigenvalue weighted by Crippen LogP contribution is 2.39. The third-order valence-electron chi connectivity index (χ3n) is 3.47. The third kappa shape index (κ3) is 3.24. The Bertz CT molecular complexity index is 689. The molecule has 1 saturated carbocycles. The van der Waals surface area contributed by atoms with Gasteiger partial charge in [0.1, 0.15) is 17.5 Å². The monoisotopic (exact) mass is 305 g/mol. The quantitative estimate of drug-likeness (QED) is 0.763. The molecule has 7 heteroatoms. The highest BCUT2D eigenvalue weighted by atomic mass is 32.1. The Morgan fingerprint density at radius 1 is 1.33 bits per heavy atom. The minimum atomic E-state index is -0.0294. The van der Waals surface area contributed by atoms with Gasteiger partial charge in [0.2, 0.25) is 0 Å². The molecule has 0 spiro atoms. The minimum absolute atomic E-state index is 0.0294. The predicted octanol–water partition coefficient (Wildman–Crippen LogP) is 2.46. The first-order valence-corrected chi connectivity index (χ1v) is 8.08. The first kappa shape index (κ1) is 14.1. The molecule has 0 saturated heterocycles. The number of H-pyrrole nitrogens is 1. The molecular formula is C14H19N5OS. The molecule has 0 atom stereocenters. The minimum Gasteiger partial charge on any atom is -0.370 e. The average molecular weight is 305 g/mol. The molecule has 0 unspecified atom stereocenters. The summed E-state index contributed by atoms with van der Waals surface area (Å²) in [5, 5.41) is 8.44. The lowest BCUT2D eigenvalue weighted by Crippen LogP contribution is -2.11. The van der Waals surface area contributed by atoms with Crippen LogP contribution in [0.4, 0.5) is 11.6 Å². The van der Waals surface area contributed by atoms with E-state index < -0.39 is 0 Å². The molecule has 2 heterocycles. The molecular weight excluding hydrogens is 286 g/mol. The summed E-state index contributed by atoms with van der Waals surface area (Å²) >= 11 is 1.18. The van der Waals surface area contributed by atoms with Crippen LogP contribution in [0.3, 0.4) is 0 Å². The number of rotatable bonds is 6. The lowest BCUT2D eigenvalue weighted by molar-refractivity contribution is 0.905. The smallest absolute Gasteiger partial charge is 0.304 e. The van der Waals surface area contributed by atoms with Gasteiger partial charge in [0, 0.05) is 29.1 Å². The Kier molecular flexibility index (Phi) is 3.92. The average Bonchev–Trinajstić information content (AvgIpc) is 3.23. The number of aromatic nitrogens is 3. The maximum atomic E-state index is 11.2. The molecule has 1 aliphatic rings. The largest absolute Gasteiger partial charge is 0.370 e. The Morgan fingerprint density at radius 3 is 2.62 bits per heavy atom. The zero-order valence-corrected chi connectivity index (χ0v) is 13.0. The maximum absolute atomic E-state index is 11.2. The van der Waals surface area contributed by atoms with Crippen molar-refractivity contribution >= 4 is 23.0 Å². The van der Waals surface area contributed by atoms with Gasteiger partial charge in [-0.15, -0.1) is 0 Å². The second kappa shape index (κ2) is 5.85. The molecule has 6 nitrogen and oxygen atoms in total. The van der Waals surface area contributed by atoms with E-state index in [4.69, 9.17) is 0 Å². The van der Waals surface area contributed by atoms with Crippen molar-refractivity contribution in [2.24, 2.45) is 0 Å². The van der Waals surface area contributed by atoms with E-state index in [1.165, 1.54) is 24.2 Å². The number of anilines is 2. The van der Waals surface area contributed by atoms with E-state index in [1.54, 1.807) is 0 Å². The topological polar surface area (TPSA) is 82.7 Å². The number of nitrogens with zero attached hydrogens (tertiary/aromatic N) is 2. The van der Waals surface area contributed by atoms with Gasteiger partial charge in [0.15, 0.2) is 0 Å². The second-order valence-electron chi connectivity index (χ2n) is 5.24. The van der Waals surface area contributed by atoms with Crippen LogP contribution in [0.2, 0.25) is 0 Å². The number of hydrogen-bond donors (Lipinski definition) is 3. The van der Waals surface area contributed by atoms with Crippen LogP contribution >= 0.6 is 11.3 Å². The Morgan fingerprint density at radius 2 is 2.05 bits per heavy atom. The van der Waals surface area contributed by atoms with Crippen molar-refractivity contribution in [2.45, 2.75) is 39.2 Å². The summed E-state index contributed by atoms with van der Waals surface area (Å²) in [4.78, 5) is 23.2. The fraction of sp³-hybridized carbons (Fsp3) is 0.500. The van der Waals surface area contributed by atoms with Crippen LogP contribution in [0.1, 0.15) is 42.8 Å². The standard InChI is InChI=1S/C14H19N5OS/c1-3-15-11-8(2)12(19-13(18-11)9-4-5-9)16-6-10-7-21-14(20)17-10/h7,9H,3-6H2,1-2H3,(H,17,20)(H2,15,16,18,19). The maximum Gasteiger partial charge on any atom is 0.304 e. The summed E-state index contributed by atoms with van der Waals surface area (Å²) in [6.07, 6.45) is 2.35. The summed E-state index contributed by atoms with van der Waals surface area (Å²) in [7, 11) is 0. The molecule has 2 aromatic heterocycles. The Labute approximate surface area is 127 Å². The van der Waals surface area contributed by atoms with Crippen LogP contribution in [0.15, 0.2) is 10.2 Å². The van der Waals surface area contributed by atoms with E-state index in [1.807, 2.05) is 12.3 Å². The van der Waals surface area contributed by atoms with E-state index in [9.17, 15) is 4.79 Å². The first-order valence-electron chi connectivity index (χ1n) is 7.20. The second-order valence-corrected chi connectivity index (χ2v) is 6.08. The molecule has 2 aromatic rings. The van der Waals surface area contributed by atoms with E-state index in [2.05, 4.69) is 32.5 Å². The van der Waals surface area contributed by atoms with E-state index in [0.29, 0.717) is 12.5 Å². The lowest BCUT2D eigenvalue weighted by Gasteiger charge is -2.14. The van der Waals surface area contributed by atoms with Crippen molar-refractivity contribution in [1.29, 1.82) is 0 Å². The molecule has 0 aliphatic heterocycles. The lowest BCUT2D eigenvalue weighted by atomic mass is 10.2. The van der Waals surface area contributed by atoms with Crippen LogP contribution in [0, 0.1) is 6.92 Å². The van der Waals surface area contributed by atoms with Crippen molar-refractivity contribution in [3.8, 4) is 0 Å². The summed E-state index contributed by atoms with van der Waals surface area (Å²) < 4.78 is 0. The van der Waals surface area contributed by atoms with Crippen molar-refractivity contribution in [3.05, 3.63) is 32.1 Å². The number of nitrogens with one attached hydrogen (secondary N) is 3. The van der Waals surface area contributed by atoms with Crippen molar-refractivity contribution in [3.63, 3.8) is 0 Å². The SMILES string of the molecule is CCNc1nc(C2CC2)nc(NCc2csc(=O)[nH]2)c1C. The zero-order valence-electron chi connectivity index (χ0n) is 12.2. The Balaban J connectivity index is 1.83. The van der Waals surface area contributed by atoms with E-state index in [0.717, 1.165) is 35.3 Å². The molecule has 1 aliphatic carbocycles. The first-order chi connectivity index (χ1) is 10.2. The number of hydrogen-bond acceptors (Lipinski definition) is 6. The van der Waals surface area contributed by atoms with Crippen molar-refractivity contribution in [2.75, 3.05) is 17.2 Å². The summed E-state index contributed by atoms with van der Waals surface area (Å²) in [6.45, 7) is 5.46. The fourth-order valence-corrected chi connectivity index (χ4v) is 2.73. The molecule has 1 fully saturated rings. The molecule has 0 bridgehead atoms. The number of thiazole rings is 1. The van der Waals surface area contributed by atoms with E-state index in [-0.39, 0.29) is 4.87 Å². The highest BCUT2D eigenvalue weighted by molar-refractivity contribution is 7.07. The van der Waals surface area contributed by atoms with Crippen LogP contribution in [-0.4, -0.2) is 21.5 Å². The van der Waals surface area contributed by atoms with E-state index >= 15 is 0 Å². The third-order valence-corrected chi connectivity index (χ3v) is 4.19. The normalized spacial score (nSPS) is 14.2. The van der Waals surface area contributed by atoms with Crippen LogP contribution in [-0.2, 0) is 6.54 Å². The van der Waals surface area contributed by atoms with Gasteiger partial charge in [-0.05, 0) is 26.7 Å². The predicted molar refractivity (Wildman–Crippen MR) is 85.2 cm³/mol. The van der Waals surface area contributed by atoms with Gasteiger partial charge < -0.3 is 15.6 Å². The van der Waals surface area contributed by atoms with Gasteiger partial charge in [0.05, 0.1) is 6.54 Å². The Hall–Kier alpha value is -1.89. The van der Waals surface area contributed by atoms with Gasteiger partial charge >= 0.3 is 4.87 Å². The van der Waals surface area contributed by atoms with Crippen molar-refractivity contribution < 1.29 is 0 Å². The highest BCUT2D eigenvalue weighted by Gasteiger charge is 2.28. The summed E-state index contributed by atoms with van der Waals surface area (Å²) in [5.41, 5.74) is 1.89. The fourth-order valence-electron chi connectivity index (χ4n) is 2.15. The van der Waals surface area contributed by atoms with Crippen LogP contribution < -0.4 is 15.5 Å². The molecule has 3 N–H and O–H groups in total. The molecule has 3 rings (SSSR count). The van der Waals surface area contributed by atoms with Gasteiger partial charge in [-0.1, -0.05) is 11.3 Å². The van der Waals surface area contributed by atoms with Gasteiger partial charge in [-0.25, -0.2) is 9.97 Å². The van der Waals surface area contributed by atoms with Gasteiger partial charge in [-0.3, -0.25) is 4.79 Å². The van der Waals surface area contributed by atoms with Crippen molar-refractivity contribution in [1.82, 2.24) is 15.0 Å². The van der Waals surface area contributed by atoms with Gasteiger partial charge in [0.25, 0.3) is 0 Å². The zero-order chi connectivity index (χ0) is 14.8. The molecule has 0 amide bonds. The summed E-state index contributed by atoms with van der Waals surface area (Å²) in [5.74, 6) is 3.16. The van der Waals surface area contributed by atoms with Crippen LogP contribution in [0.25, 0.3) is 0 Å². The number of aromatic amines is 1.